The summed E-state index contributed by atoms with van der Waals surface area (Å²) in [4.78, 5) is 62.3. The van der Waals surface area contributed by atoms with Crippen molar-refractivity contribution in [2.24, 2.45) is 0 Å². The first-order valence-electron chi connectivity index (χ1n) is 20.2. The number of carbonyl (C=O) groups excluding carboxylic acids is 2. The summed E-state index contributed by atoms with van der Waals surface area (Å²) in [7, 11) is -10.5. The lowest BCUT2D eigenvalue weighted by Crippen LogP contribution is -2.43. The molecule has 0 spiro atoms. The Kier molecular flexibility index (Phi) is 14.3. The topological polar surface area (TPSA) is 264 Å². The van der Waals surface area contributed by atoms with E-state index in [9.17, 15) is 43.4 Å². The summed E-state index contributed by atoms with van der Waals surface area (Å²) < 4.78 is 72.1. The van der Waals surface area contributed by atoms with Gasteiger partial charge in [0.2, 0.25) is 0 Å². The number of benzene rings is 5. The summed E-state index contributed by atoms with van der Waals surface area (Å²) in [6.07, 6.45) is -5.78. The maximum absolute atomic E-state index is 14.1. The molecule has 346 valence electrons. The largest absolute Gasteiger partial charge is 0.484 e. The van der Waals surface area contributed by atoms with E-state index in [0.717, 1.165) is 21.4 Å². The molecule has 0 radical (unpaired) electrons. The average Bonchev–Trinajstić information content (AvgIpc) is 3.88. The Balaban J connectivity index is 0.937. The third kappa shape index (κ3) is 11.5. The normalized spacial score (nSPS) is 18.1. The fourth-order valence-corrected chi connectivity index (χ4v) is 9.27. The van der Waals surface area contributed by atoms with Gasteiger partial charge in [-0.2, -0.15) is 4.31 Å². The number of rotatable bonds is 18. The molecule has 0 saturated carbocycles. The summed E-state index contributed by atoms with van der Waals surface area (Å²) in [5.41, 5.74) is 0.350. The highest BCUT2D eigenvalue weighted by molar-refractivity contribution is 7.61. The molecule has 1 fully saturated rings. The SMILES string of the molecule is O=C(Oc1ccc(COP(=O)(OCc2ccc(OC(=O)c3ccccc3)cc2)OP(=O)(O)OC[C@H]2O[C@@H](n3ccc(=O)n(Cc4noc5ccccc45)c3=O)C(O)C2O)cc1)c1ccccc1. The van der Waals surface area contributed by atoms with Gasteiger partial charge in [0.25, 0.3) is 5.56 Å². The van der Waals surface area contributed by atoms with Crippen LogP contribution in [-0.2, 0) is 51.5 Å². The van der Waals surface area contributed by atoms with Crippen molar-refractivity contribution in [2.45, 2.75) is 44.3 Å². The van der Waals surface area contributed by atoms with Crippen LogP contribution in [-0.4, -0.2) is 66.3 Å². The van der Waals surface area contributed by atoms with Crippen LogP contribution in [0.3, 0.4) is 0 Å². The van der Waals surface area contributed by atoms with Gasteiger partial charge in [-0.25, -0.2) is 23.5 Å². The van der Waals surface area contributed by atoms with Gasteiger partial charge in [0.05, 0.1) is 37.5 Å². The van der Waals surface area contributed by atoms with Gasteiger partial charge in [0, 0.05) is 17.6 Å². The van der Waals surface area contributed by atoms with Crippen LogP contribution in [0.2, 0.25) is 0 Å². The van der Waals surface area contributed by atoms with E-state index in [1.807, 2.05) is 0 Å². The van der Waals surface area contributed by atoms with Crippen LogP contribution in [0.4, 0.5) is 0 Å². The molecule has 3 unspecified atom stereocenters. The lowest BCUT2D eigenvalue weighted by Gasteiger charge is -2.22. The van der Waals surface area contributed by atoms with Gasteiger partial charge >= 0.3 is 33.3 Å². The monoisotopic (exact) mass is 955 g/mol. The minimum absolute atomic E-state index is 0.176. The van der Waals surface area contributed by atoms with Gasteiger partial charge < -0.3 is 33.8 Å². The van der Waals surface area contributed by atoms with E-state index in [-0.39, 0.29) is 23.7 Å². The van der Waals surface area contributed by atoms with Crippen molar-refractivity contribution in [1.29, 1.82) is 0 Å². The second kappa shape index (κ2) is 20.5. The minimum Gasteiger partial charge on any atom is -0.423 e. The number of aromatic nitrogens is 3. The number of aliphatic hydroxyl groups is 2. The second-order valence-electron chi connectivity index (χ2n) is 14.7. The number of hydrogen-bond acceptors (Lipinski definition) is 17. The van der Waals surface area contributed by atoms with E-state index in [4.69, 9.17) is 36.6 Å². The summed E-state index contributed by atoms with van der Waals surface area (Å²) in [5, 5.41) is 26.4. The second-order valence-corrected chi connectivity index (χ2v) is 18.0. The van der Waals surface area contributed by atoms with E-state index >= 15 is 0 Å². The van der Waals surface area contributed by atoms with E-state index in [1.54, 1.807) is 84.9 Å². The molecule has 0 amide bonds. The maximum Gasteiger partial charge on any atom is 0.484 e. The molecule has 8 rings (SSSR count). The molecular weight excluding hydrogens is 916 g/mol. The Morgan fingerprint density at radius 3 is 1.78 bits per heavy atom. The first kappa shape index (κ1) is 46.8. The summed E-state index contributed by atoms with van der Waals surface area (Å²) in [6.45, 7) is -2.33. The van der Waals surface area contributed by atoms with Crippen LogP contribution in [0.15, 0.2) is 160 Å². The number of fused-ring (bicyclic) bond motifs is 1. The Morgan fingerprint density at radius 1 is 0.672 bits per heavy atom. The van der Waals surface area contributed by atoms with E-state index in [0.29, 0.717) is 33.2 Å². The molecule has 1 aliphatic rings. The highest BCUT2D eigenvalue weighted by atomic mass is 31.3. The van der Waals surface area contributed by atoms with Gasteiger partial charge in [0.1, 0.15) is 35.5 Å². The standard InChI is InChI=1S/C45H39N3O17P2/c49-39-23-24-47(45(54)48(39)25-36-35-13-7-8-14-37(35)64-46-36)42-41(51)40(50)38(63-42)28-58-66(55,56)65-67(57,59-26-29-15-19-33(20-16-29)61-43(52)31-9-3-1-4-10-31)60-27-30-17-21-34(22-18-30)62-44(53)32-11-5-2-6-12-32/h1-24,38,40-42,50-51H,25-28H2,(H,55,56)/t38-,40?,41?,42-/m1/s1. The molecule has 67 heavy (non-hydrogen) atoms. The predicted octanol–water partition coefficient (Wildman–Crippen LogP) is 5.93. The van der Waals surface area contributed by atoms with Crippen molar-refractivity contribution >= 4 is 38.6 Å². The van der Waals surface area contributed by atoms with Crippen LogP contribution in [0.25, 0.3) is 11.0 Å². The molecule has 5 atom stereocenters. The van der Waals surface area contributed by atoms with Crippen LogP contribution in [0.5, 0.6) is 11.5 Å². The van der Waals surface area contributed by atoms with Crippen LogP contribution in [0, 0.1) is 0 Å². The van der Waals surface area contributed by atoms with Crippen LogP contribution in [0.1, 0.15) is 43.8 Å². The number of esters is 2. The molecule has 2 aromatic heterocycles. The number of aliphatic hydroxyl groups excluding tert-OH is 2. The maximum atomic E-state index is 14.1. The van der Waals surface area contributed by atoms with Crippen molar-refractivity contribution in [3.05, 3.63) is 195 Å². The summed E-state index contributed by atoms with van der Waals surface area (Å²) in [5.74, 6) is -0.860. The molecular formula is C45H39N3O17P2. The fraction of sp³-hybridized carbons (Fsp3) is 0.178. The van der Waals surface area contributed by atoms with Gasteiger partial charge in [-0.3, -0.25) is 27.5 Å². The zero-order chi connectivity index (χ0) is 47.1. The predicted molar refractivity (Wildman–Crippen MR) is 234 cm³/mol. The third-order valence-corrected chi connectivity index (χ3v) is 13.1. The number of carbonyl (C=O) groups is 2. The summed E-state index contributed by atoms with van der Waals surface area (Å²) >= 11 is 0. The molecule has 1 saturated heterocycles. The molecule has 5 aromatic carbocycles. The third-order valence-electron chi connectivity index (χ3n) is 10.1. The molecule has 22 heteroatoms. The van der Waals surface area contributed by atoms with Crippen LogP contribution >= 0.6 is 15.6 Å². The number of hydrogen-bond donors (Lipinski definition) is 3. The van der Waals surface area contributed by atoms with Crippen LogP contribution < -0.4 is 20.7 Å². The zero-order valence-electron chi connectivity index (χ0n) is 34.8. The lowest BCUT2D eigenvalue weighted by atomic mass is 10.1. The van der Waals surface area contributed by atoms with Gasteiger partial charge in [-0.1, -0.05) is 78.0 Å². The molecule has 0 aliphatic carbocycles. The first-order valence-corrected chi connectivity index (χ1v) is 23.2. The van der Waals surface area contributed by atoms with Crippen molar-refractivity contribution < 1.29 is 70.4 Å². The molecule has 20 nitrogen and oxygen atoms in total. The highest BCUT2D eigenvalue weighted by Gasteiger charge is 2.46. The Labute approximate surface area is 379 Å². The minimum atomic E-state index is -5.46. The van der Waals surface area contributed by atoms with Crippen molar-refractivity contribution in [3.8, 4) is 11.5 Å². The van der Waals surface area contributed by atoms with Gasteiger partial charge in [-0.05, 0) is 71.8 Å². The number of phosphoric ester groups is 2. The fourth-order valence-electron chi connectivity index (χ4n) is 6.67. The number of para-hydroxylation sites is 1. The lowest BCUT2D eigenvalue weighted by molar-refractivity contribution is -0.0549. The van der Waals surface area contributed by atoms with Gasteiger partial charge in [0.15, 0.2) is 11.8 Å². The Morgan fingerprint density at radius 2 is 1.21 bits per heavy atom. The van der Waals surface area contributed by atoms with Crippen molar-refractivity contribution in [1.82, 2.24) is 14.3 Å². The van der Waals surface area contributed by atoms with E-state index in [2.05, 4.69) is 5.16 Å². The zero-order valence-corrected chi connectivity index (χ0v) is 36.6. The van der Waals surface area contributed by atoms with Gasteiger partial charge in [-0.15, -0.1) is 0 Å². The molecule has 3 N–H and O–H groups in total. The molecule has 7 aromatic rings. The number of nitrogens with zero attached hydrogens (tertiary/aromatic N) is 3. The first-order chi connectivity index (χ1) is 32.2. The highest BCUT2D eigenvalue weighted by Crippen LogP contribution is 2.64. The number of phosphoric acid groups is 2. The van der Waals surface area contributed by atoms with E-state index < -0.39 is 83.2 Å². The summed E-state index contributed by atoms with van der Waals surface area (Å²) in [6, 6.07) is 36.0. The number of ether oxygens (including phenoxy) is 3. The Bertz CT molecular complexity index is 2970. The smallest absolute Gasteiger partial charge is 0.423 e. The van der Waals surface area contributed by atoms with Crippen molar-refractivity contribution in [3.63, 3.8) is 0 Å². The molecule has 0 bridgehead atoms. The quantitative estimate of drug-likeness (QED) is 0.0511. The Hall–Kier alpha value is -6.67. The van der Waals surface area contributed by atoms with E-state index in [1.165, 1.54) is 48.5 Å². The molecule has 3 heterocycles. The van der Waals surface area contributed by atoms with Crippen molar-refractivity contribution in [2.75, 3.05) is 6.61 Å². The molecule has 1 aliphatic heterocycles. The average molecular weight is 956 g/mol.